The molecule has 3 aromatic rings. The highest BCUT2D eigenvalue weighted by Crippen LogP contribution is 2.29. The Balaban J connectivity index is 1.59. The lowest BCUT2D eigenvalue weighted by molar-refractivity contribution is -0.124. The number of halogens is 1. The van der Waals surface area contributed by atoms with Crippen LogP contribution in [0.25, 0.3) is 0 Å². The Bertz CT molecular complexity index is 1170. The van der Waals surface area contributed by atoms with Gasteiger partial charge in [-0.2, -0.15) is 0 Å². The van der Waals surface area contributed by atoms with Crippen molar-refractivity contribution in [3.63, 3.8) is 0 Å². The third-order valence-corrected chi connectivity index (χ3v) is 5.84. The first-order chi connectivity index (χ1) is 15.8. The number of anilines is 2. The van der Waals surface area contributed by atoms with Crippen molar-refractivity contribution in [1.29, 1.82) is 0 Å². The standard InChI is InChI=1S/C26H24ClN3O3/c1-17-3-7-19(8-4-17)16-29-23(15-24(31)28-21-11-9-20(27)10-12-21)25(32)30(26(29)33)22-13-5-18(2)6-14-22/h3-14,23H,15-16H2,1-2H3,(H,28,31)/t23-/m1/s1. The molecule has 1 N–H and O–H groups in total. The summed E-state index contributed by atoms with van der Waals surface area (Å²) in [5.41, 5.74) is 4.07. The van der Waals surface area contributed by atoms with Crippen molar-refractivity contribution in [3.8, 4) is 0 Å². The van der Waals surface area contributed by atoms with Crippen LogP contribution in [0.2, 0.25) is 5.02 Å². The lowest BCUT2D eigenvalue weighted by Crippen LogP contribution is -2.37. The van der Waals surface area contributed by atoms with Gasteiger partial charge in [-0.25, -0.2) is 9.69 Å². The monoisotopic (exact) mass is 461 g/mol. The number of hydrogen-bond donors (Lipinski definition) is 1. The molecule has 1 aliphatic heterocycles. The average molecular weight is 462 g/mol. The van der Waals surface area contributed by atoms with E-state index in [0.717, 1.165) is 21.6 Å². The quantitative estimate of drug-likeness (QED) is 0.505. The fourth-order valence-corrected chi connectivity index (χ4v) is 3.88. The van der Waals surface area contributed by atoms with Crippen molar-refractivity contribution in [2.24, 2.45) is 0 Å². The molecule has 7 heteroatoms. The largest absolute Gasteiger partial charge is 0.332 e. The normalized spacial score (nSPS) is 15.8. The van der Waals surface area contributed by atoms with Gasteiger partial charge in [0.15, 0.2) is 0 Å². The first kappa shape index (κ1) is 22.6. The number of amides is 4. The summed E-state index contributed by atoms with van der Waals surface area (Å²) >= 11 is 5.90. The van der Waals surface area contributed by atoms with Gasteiger partial charge in [0, 0.05) is 17.3 Å². The van der Waals surface area contributed by atoms with Crippen LogP contribution in [-0.4, -0.2) is 28.8 Å². The summed E-state index contributed by atoms with van der Waals surface area (Å²) < 4.78 is 0. The fraction of sp³-hybridized carbons (Fsp3) is 0.192. The molecule has 6 nitrogen and oxygen atoms in total. The highest BCUT2D eigenvalue weighted by Gasteiger charge is 2.46. The molecule has 0 aromatic heterocycles. The van der Waals surface area contributed by atoms with Crippen molar-refractivity contribution in [1.82, 2.24) is 4.90 Å². The predicted octanol–water partition coefficient (Wildman–Crippen LogP) is 5.32. The number of hydrogen-bond acceptors (Lipinski definition) is 3. The zero-order valence-corrected chi connectivity index (χ0v) is 19.2. The number of rotatable bonds is 6. The Hall–Kier alpha value is -3.64. The number of imide groups is 1. The molecule has 3 aromatic carbocycles. The van der Waals surface area contributed by atoms with Gasteiger partial charge in [0.05, 0.1) is 12.1 Å². The Morgan fingerprint density at radius 3 is 2.06 bits per heavy atom. The Kier molecular flexibility index (Phi) is 6.47. The maximum Gasteiger partial charge on any atom is 0.332 e. The van der Waals surface area contributed by atoms with Crippen LogP contribution in [0.15, 0.2) is 72.8 Å². The minimum Gasteiger partial charge on any atom is -0.326 e. The van der Waals surface area contributed by atoms with E-state index in [9.17, 15) is 14.4 Å². The van der Waals surface area contributed by atoms with Crippen molar-refractivity contribution in [3.05, 3.63) is 94.5 Å². The van der Waals surface area contributed by atoms with Crippen molar-refractivity contribution < 1.29 is 14.4 Å². The van der Waals surface area contributed by atoms with Crippen LogP contribution in [0.3, 0.4) is 0 Å². The lowest BCUT2D eigenvalue weighted by atomic mass is 10.1. The van der Waals surface area contributed by atoms with Gasteiger partial charge in [0.25, 0.3) is 5.91 Å². The SMILES string of the molecule is Cc1ccc(CN2C(=O)N(c3ccc(C)cc3)C(=O)[C@H]2CC(=O)Nc2ccc(Cl)cc2)cc1. The zero-order valence-electron chi connectivity index (χ0n) is 18.4. The molecule has 1 fully saturated rings. The molecule has 4 amide bonds. The van der Waals surface area contributed by atoms with Gasteiger partial charge in [-0.3, -0.25) is 9.59 Å². The first-order valence-electron chi connectivity index (χ1n) is 10.6. The summed E-state index contributed by atoms with van der Waals surface area (Å²) in [6.45, 7) is 4.15. The smallest absolute Gasteiger partial charge is 0.326 e. The summed E-state index contributed by atoms with van der Waals surface area (Å²) in [5, 5.41) is 3.34. The number of carbonyl (C=O) groups is 3. The molecule has 33 heavy (non-hydrogen) atoms. The third kappa shape index (κ3) is 5.07. The van der Waals surface area contributed by atoms with Gasteiger partial charge >= 0.3 is 6.03 Å². The molecule has 1 atom stereocenters. The van der Waals surface area contributed by atoms with Crippen LogP contribution in [0.4, 0.5) is 16.2 Å². The number of carbonyl (C=O) groups excluding carboxylic acids is 3. The maximum absolute atomic E-state index is 13.4. The predicted molar refractivity (Wildman–Crippen MR) is 129 cm³/mol. The molecule has 0 radical (unpaired) electrons. The maximum atomic E-state index is 13.4. The van der Waals surface area contributed by atoms with Gasteiger partial charge in [-0.1, -0.05) is 59.1 Å². The second kappa shape index (κ2) is 9.46. The van der Waals surface area contributed by atoms with Crippen molar-refractivity contribution in [2.75, 3.05) is 10.2 Å². The molecule has 1 aliphatic rings. The molecule has 0 unspecified atom stereocenters. The summed E-state index contributed by atoms with van der Waals surface area (Å²) in [7, 11) is 0. The Morgan fingerprint density at radius 2 is 1.45 bits per heavy atom. The minimum atomic E-state index is -0.910. The van der Waals surface area contributed by atoms with Gasteiger partial charge in [0.2, 0.25) is 5.91 Å². The van der Waals surface area contributed by atoms with Crippen molar-refractivity contribution in [2.45, 2.75) is 32.9 Å². The van der Waals surface area contributed by atoms with Gasteiger partial charge in [-0.05, 0) is 55.8 Å². The molecule has 1 heterocycles. The van der Waals surface area contributed by atoms with Crippen LogP contribution < -0.4 is 10.2 Å². The van der Waals surface area contributed by atoms with Crippen LogP contribution in [0, 0.1) is 13.8 Å². The third-order valence-electron chi connectivity index (χ3n) is 5.59. The van der Waals surface area contributed by atoms with Crippen molar-refractivity contribution >= 4 is 40.8 Å². The van der Waals surface area contributed by atoms with E-state index in [1.54, 1.807) is 36.4 Å². The Labute approximate surface area is 197 Å². The van der Waals surface area contributed by atoms with Crippen LogP contribution in [-0.2, 0) is 16.1 Å². The highest BCUT2D eigenvalue weighted by atomic mass is 35.5. The van der Waals surface area contributed by atoms with Crippen LogP contribution in [0.5, 0.6) is 0 Å². The molecule has 168 valence electrons. The zero-order chi connectivity index (χ0) is 23.5. The van der Waals surface area contributed by atoms with E-state index < -0.39 is 18.0 Å². The van der Waals surface area contributed by atoms with E-state index in [1.165, 1.54) is 4.90 Å². The van der Waals surface area contributed by atoms with Crippen LogP contribution >= 0.6 is 11.6 Å². The lowest BCUT2D eigenvalue weighted by Gasteiger charge is -2.22. The number of nitrogens with one attached hydrogen (secondary N) is 1. The molecular weight excluding hydrogens is 438 g/mol. The molecular formula is C26H24ClN3O3. The minimum absolute atomic E-state index is 0.151. The molecule has 0 spiro atoms. The fourth-order valence-electron chi connectivity index (χ4n) is 3.76. The summed E-state index contributed by atoms with van der Waals surface area (Å²) in [6, 6.07) is 20.3. The number of urea groups is 1. The van der Waals surface area contributed by atoms with Gasteiger partial charge < -0.3 is 10.2 Å². The molecule has 0 saturated carbocycles. The van der Waals surface area contributed by atoms with E-state index in [-0.39, 0.29) is 18.9 Å². The Morgan fingerprint density at radius 1 is 0.879 bits per heavy atom. The highest BCUT2D eigenvalue weighted by molar-refractivity contribution is 6.30. The second-order valence-electron chi connectivity index (χ2n) is 8.18. The van der Waals surface area contributed by atoms with E-state index in [1.807, 2.05) is 50.2 Å². The molecule has 0 aliphatic carbocycles. The van der Waals surface area contributed by atoms with Crippen LogP contribution in [0.1, 0.15) is 23.1 Å². The molecule has 1 saturated heterocycles. The average Bonchev–Trinajstić information content (AvgIpc) is 3.01. The number of aryl methyl sites for hydroxylation is 2. The van der Waals surface area contributed by atoms with E-state index in [4.69, 9.17) is 11.6 Å². The summed E-state index contributed by atoms with van der Waals surface area (Å²) in [6.07, 6.45) is -0.151. The molecule has 4 rings (SSSR count). The second-order valence-corrected chi connectivity index (χ2v) is 8.62. The summed E-state index contributed by atoms with van der Waals surface area (Å²) in [4.78, 5) is 42.1. The van der Waals surface area contributed by atoms with Gasteiger partial charge in [0.1, 0.15) is 6.04 Å². The summed E-state index contributed by atoms with van der Waals surface area (Å²) in [5.74, 6) is -0.773. The topological polar surface area (TPSA) is 69.7 Å². The first-order valence-corrected chi connectivity index (χ1v) is 11.0. The number of benzene rings is 3. The van der Waals surface area contributed by atoms with Gasteiger partial charge in [-0.15, -0.1) is 0 Å². The van der Waals surface area contributed by atoms with E-state index in [2.05, 4.69) is 5.32 Å². The van der Waals surface area contributed by atoms with E-state index >= 15 is 0 Å². The number of nitrogens with zero attached hydrogens (tertiary/aromatic N) is 2. The van der Waals surface area contributed by atoms with E-state index in [0.29, 0.717) is 16.4 Å². The molecule has 0 bridgehead atoms.